The summed E-state index contributed by atoms with van der Waals surface area (Å²) in [6, 6.07) is 15.1. The molecular weight excluding hydrogens is 284 g/mol. The molecule has 1 aromatic carbocycles. The van der Waals surface area contributed by atoms with Crippen molar-refractivity contribution in [3.63, 3.8) is 0 Å². The van der Waals surface area contributed by atoms with Crippen molar-refractivity contribution in [2.45, 2.75) is 6.04 Å². The zero-order chi connectivity index (χ0) is 14.5. The molecule has 0 radical (unpaired) electrons. The molecule has 21 heavy (non-hydrogen) atoms. The van der Waals surface area contributed by atoms with Crippen LogP contribution in [0.2, 0.25) is 5.02 Å². The van der Waals surface area contributed by atoms with Gasteiger partial charge in [0.25, 0.3) is 0 Å². The lowest BCUT2D eigenvalue weighted by Gasteiger charge is -2.18. The van der Waals surface area contributed by atoms with Gasteiger partial charge in [-0.2, -0.15) is 0 Å². The summed E-state index contributed by atoms with van der Waals surface area (Å²) in [5, 5.41) is 3.98. The molecule has 1 N–H and O–H groups in total. The first-order valence-corrected chi connectivity index (χ1v) is 6.91. The molecular formula is C16H13ClN4. The molecule has 0 spiro atoms. The van der Waals surface area contributed by atoms with Gasteiger partial charge in [0, 0.05) is 23.6 Å². The minimum Gasteiger partial charge on any atom is -0.342 e. The number of nitrogens with one attached hydrogen (secondary N) is 1. The average molecular weight is 297 g/mol. The quantitative estimate of drug-likeness (QED) is 0.797. The van der Waals surface area contributed by atoms with Crippen LogP contribution in [0.15, 0.2) is 67.1 Å². The highest BCUT2D eigenvalue weighted by Gasteiger charge is 2.16. The van der Waals surface area contributed by atoms with E-state index in [0.29, 0.717) is 11.0 Å². The third-order valence-corrected chi connectivity index (χ3v) is 3.24. The lowest BCUT2D eigenvalue weighted by Crippen LogP contribution is -2.15. The minimum absolute atomic E-state index is 0.160. The Kier molecular flexibility index (Phi) is 4.07. The second-order valence-corrected chi connectivity index (χ2v) is 4.90. The Morgan fingerprint density at radius 2 is 1.67 bits per heavy atom. The number of anilines is 1. The number of halogens is 1. The Labute approximate surface area is 127 Å². The number of hydrogen-bond acceptors (Lipinski definition) is 4. The van der Waals surface area contributed by atoms with Crippen molar-refractivity contribution in [2.75, 3.05) is 5.32 Å². The van der Waals surface area contributed by atoms with Gasteiger partial charge in [-0.1, -0.05) is 29.8 Å². The topological polar surface area (TPSA) is 50.7 Å². The lowest BCUT2D eigenvalue weighted by molar-refractivity contribution is 0.865. The van der Waals surface area contributed by atoms with Crippen molar-refractivity contribution in [1.29, 1.82) is 0 Å². The van der Waals surface area contributed by atoms with Gasteiger partial charge in [-0.05, 0) is 35.9 Å². The summed E-state index contributed by atoms with van der Waals surface area (Å²) in [6.45, 7) is 0. The summed E-state index contributed by atoms with van der Waals surface area (Å²) >= 11 is 6.10. The van der Waals surface area contributed by atoms with E-state index in [-0.39, 0.29) is 6.04 Å². The van der Waals surface area contributed by atoms with E-state index in [1.54, 1.807) is 24.7 Å². The zero-order valence-corrected chi connectivity index (χ0v) is 11.9. The molecule has 0 aliphatic heterocycles. The number of hydrogen-bond donors (Lipinski definition) is 1. The predicted molar refractivity (Wildman–Crippen MR) is 83.2 cm³/mol. The molecule has 0 amide bonds. The largest absolute Gasteiger partial charge is 0.342 e. The van der Waals surface area contributed by atoms with Crippen molar-refractivity contribution in [3.8, 4) is 0 Å². The highest BCUT2D eigenvalue weighted by atomic mass is 35.5. The van der Waals surface area contributed by atoms with Crippen molar-refractivity contribution < 1.29 is 0 Å². The van der Waals surface area contributed by atoms with Gasteiger partial charge in [-0.15, -0.1) is 0 Å². The van der Waals surface area contributed by atoms with Crippen LogP contribution in [0.4, 0.5) is 5.95 Å². The number of rotatable bonds is 4. The summed E-state index contributed by atoms with van der Waals surface area (Å²) < 4.78 is 0. The van der Waals surface area contributed by atoms with Crippen molar-refractivity contribution in [1.82, 2.24) is 15.0 Å². The van der Waals surface area contributed by atoms with Gasteiger partial charge >= 0.3 is 0 Å². The minimum atomic E-state index is -0.160. The molecule has 3 rings (SSSR count). The van der Waals surface area contributed by atoms with E-state index >= 15 is 0 Å². The zero-order valence-electron chi connectivity index (χ0n) is 11.1. The van der Waals surface area contributed by atoms with Crippen molar-refractivity contribution in [3.05, 3.63) is 83.4 Å². The van der Waals surface area contributed by atoms with E-state index in [0.717, 1.165) is 11.3 Å². The average Bonchev–Trinajstić information content (AvgIpc) is 2.54. The maximum Gasteiger partial charge on any atom is 0.223 e. The van der Waals surface area contributed by atoms with Crippen LogP contribution in [0.5, 0.6) is 0 Å². The van der Waals surface area contributed by atoms with Crippen LogP contribution in [0.3, 0.4) is 0 Å². The highest BCUT2D eigenvalue weighted by molar-refractivity contribution is 6.30. The molecule has 1 unspecified atom stereocenters. The summed E-state index contributed by atoms with van der Waals surface area (Å²) in [6.07, 6.45) is 5.16. The molecule has 0 saturated heterocycles. The molecule has 1 atom stereocenters. The van der Waals surface area contributed by atoms with E-state index in [2.05, 4.69) is 20.3 Å². The van der Waals surface area contributed by atoms with Gasteiger partial charge in [0.15, 0.2) is 0 Å². The maximum absolute atomic E-state index is 6.10. The third kappa shape index (κ3) is 3.35. The van der Waals surface area contributed by atoms with E-state index in [4.69, 9.17) is 11.6 Å². The van der Waals surface area contributed by atoms with Crippen molar-refractivity contribution >= 4 is 17.5 Å². The highest BCUT2D eigenvalue weighted by Crippen LogP contribution is 2.25. The van der Waals surface area contributed by atoms with E-state index in [9.17, 15) is 0 Å². The Morgan fingerprint density at radius 3 is 2.38 bits per heavy atom. The van der Waals surface area contributed by atoms with Gasteiger partial charge in [-0.25, -0.2) is 9.97 Å². The molecule has 2 aromatic heterocycles. The Bertz CT molecular complexity index is 704. The van der Waals surface area contributed by atoms with Gasteiger partial charge in [-0.3, -0.25) is 4.98 Å². The number of aromatic nitrogens is 3. The second kappa shape index (κ2) is 6.33. The van der Waals surface area contributed by atoms with Crippen LogP contribution in [-0.4, -0.2) is 15.0 Å². The van der Waals surface area contributed by atoms with Crippen LogP contribution in [-0.2, 0) is 0 Å². The first-order valence-electron chi connectivity index (χ1n) is 6.53. The van der Waals surface area contributed by atoms with Crippen LogP contribution >= 0.6 is 11.6 Å². The summed E-state index contributed by atoms with van der Waals surface area (Å²) in [4.78, 5) is 12.8. The monoisotopic (exact) mass is 296 g/mol. The van der Waals surface area contributed by atoms with Crippen LogP contribution < -0.4 is 5.32 Å². The Morgan fingerprint density at radius 1 is 0.857 bits per heavy atom. The summed E-state index contributed by atoms with van der Waals surface area (Å²) in [7, 11) is 0. The fourth-order valence-electron chi connectivity index (χ4n) is 2.06. The molecule has 2 heterocycles. The summed E-state index contributed by atoms with van der Waals surface area (Å²) in [5.41, 5.74) is 1.89. The molecule has 0 saturated carbocycles. The van der Waals surface area contributed by atoms with E-state index in [1.807, 2.05) is 42.5 Å². The van der Waals surface area contributed by atoms with Crippen LogP contribution in [0, 0.1) is 0 Å². The standard InChI is InChI=1S/C16H13ClN4/c17-13-6-3-5-12(11-13)15(14-7-1-2-8-18-14)21-16-19-9-4-10-20-16/h1-11,15H,(H,19,20,21). The van der Waals surface area contributed by atoms with E-state index in [1.165, 1.54) is 0 Å². The van der Waals surface area contributed by atoms with Gasteiger partial charge in [0.1, 0.15) is 0 Å². The number of nitrogens with zero attached hydrogens (tertiary/aromatic N) is 3. The van der Waals surface area contributed by atoms with E-state index < -0.39 is 0 Å². The smallest absolute Gasteiger partial charge is 0.223 e. The molecule has 4 nitrogen and oxygen atoms in total. The first-order chi connectivity index (χ1) is 10.3. The third-order valence-electron chi connectivity index (χ3n) is 3.00. The molecule has 3 aromatic rings. The van der Waals surface area contributed by atoms with Crippen molar-refractivity contribution in [2.24, 2.45) is 0 Å². The van der Waals surface area contributed by atoms with Crippen LogP contribution in [0.25, 0.3) is 0 Å². The van der Waals surface area contributed by atoms with Gasteiger partial charge < -0.3 is 5.32 Å². The molecule has 0 fully saturated rings. The molecule has 0 bridgehead atoms. The molecule has 5 heteroatoms. The maximum atomic E-state index is 6.10. The molecule has 0 aliphatic rings. The number of benzene rings is 1. The normalized spacial score (nSPS) is 11.9. The number of pyridine rings is 1. The lowest BCUT2D eigenvalue weighted by atomic mass is 10.0. The van der Waals surface area contributed by atoms with Crippen LogP contribution in [0.1, 0.15) is 17.3 Å². The molecule has 104 valence electrons. The SMILES string of the molecule is Clc1cccc(C(Nc2ncccn2)c2ccccn2)c1. The van der Waals surface area contributed by atoms with Gasteiger partial charge in [0.05, 0.1) is 11.7 Å². The predicted octanol–water partition coefficient (Wildman–Crippen LogP) is 3.73. The Balaban J connectivity index is 1.99. The fourth-order valence-corrected chi connectivity index (χ4v) is 2.26. The first kappa shape index (κ1) is 13.5. The van der Waals surface area contributed by atoms with Gasteiger partial charge in [0.2, 0.25) is 5.95 Å². The molecule has 0 aliphatic carbocycles. The Hall–Kier alpha value is -2.46. The summed E-state index contributed by atoms with van der Waals surface area (Å²) in [5.74, 6) is 0.549. The fraction of sp³-hybridized carbons (Fsp3) is 0.0625. The second-order valence-electron chi connectivity index (χ2n) is 4.46.